The summed E-state index contributed by atoms with van der Waals surface area (Å²) in [6.45, 7) is 12.9. The fraction of sp³-hybridized carbons (Fsp3) is 0.440. The van der Waals surface area contributed by atoms with Crippen LogP contribution in [-0.4, -0.2) is 30.1 Å². The summed E-state index contributed by atoms with van der Waals surface area (Å²) in [5.41, 5.74) is 7.55. The van der Waals surface area contributed by atoms with Gasteiger partial charge in [0.05, 0.1) is 0 Å². The van der Waals surface area contributed by atoms with Gasteiger partial charge in [0.1, 0.15) is 0 Å². The van der Waals surface area contributed by atoms with Gasteiger partial charge in [-0.15, -0.1) is 0 Å². The smallest absolute Gasteiger partial charge is 0.219 e. The maximum Gasteiger partial charge on any atom is 0.219 e. The summed E-state index contributed by atoms with van der Waals surface area (Å²) in [7, 11) is 3.78. The Kier molecular flexibility index (Phi) is 16.9. The van der Waals surface area contributed by atoms with Crippen molar-refractivity contribution in [2.24, 2.45) is 0 Å². The van der Waals surface area contributed by atoms with Crippen molar-refractivity contribution in [1.82, 2.24) is 10.2 Å². The Morgan fingerprint density at radius 2 is 1.19 bits per heavy atom. The van der Waals surface area contributed by atoms with Gasteiger partial charge in [-0.05, 0) is 79.7 Å². The molecule has 1 N–H and O–H groups in total. The van der Waals surface area contributed by atoms with Crippen LogP contribution >= 0.6 is 43.5 Å². The molecule has 180 valence electrons. The van der Waals surface area contributed by atoms with Crippen LogP contribution in [0.3, 0.4) is 0 Å². The summed E-state index contributed by atoms with van der Waals surface area (Å²) in [5, 5.41) is 2.78. The number of halogens is 3. The highest BCUT2D eigenvalue weighted by Gasteiger charge is 2.06. The van der Waals surface area contributed by atoms with Gasteiger partial charge in [-0.25, -0.2) is 0 Å². The molecule has 2 aromatic carbocycles. The first-order valence-corrected chi connectivity index (χ1v) is 11.8. The Morgan fingerprint density at radius 1 is 0.875 bits per heavy atom. The lowest BCUT2D eigenvalue weighted by atomic mass is 10.1. The first kappa shape index (κ1) is 33.0. The van der Waals surface area contributed by atoms with E-state index in [4.69, 9.17) is 0 Å². The molecule has 4 nitrogen and oxygen atoms in total. The number of carbonyl (C=O) groups is 2. The van der Waals surface area contributed by atoms with E-state index in [1.807, 2.05) is 14.1 Å². The molecule has 0 saturated heterocycles. The lowest BCUT2D eigenvalue weighted by molar-refractivity contribution is -0.128. The number of aryl methyl sites for hydroxylation is 4. The summed E-state index contributed by atoms with van der Waals surface area (Å²) >= 11 is 11.7. The molecule has 0 aliphatic rings. The fourth-order valence-electron chi connectivity index (χ4n) is 2.85. The predicted molar refractivity (Wildman–Crippen MR) is 145 cm³/mol. The number of hydrogen-bond acceptors (Lipinski definition) is 3. The van der Waals surface area contributed by atoms with Crippen molar-refractivity contribution in [3.63, 3.8) is 0 Å². The van der Waals surface area contributed by atoms with Crippen LogP contribution in [0.4, 0.5) is 0 Å². The van der Waals surface area contributed by atoms with Gasteiger partial charge in [-0.2, -0.15) is 0 Å². The molecule has 0 heterocycles. The lowest BCUT2D eigenvalue weighted by Gasteiger charge is -2.16. The molecule has 32 heavy (non-hydrogen) atoms. The Bertz CT molecular complexity index is 851. The van der Waals surface area contributed by atoms with Gasteiger partial charge in [0.2, 0.25) is 11.1 Å². The Hall–Kier alpha value is -1.21. The molecule has 7 heteroatoms. The molecule has 0 saturated carbocycles. The van der Waals surface area contributed by atoms with Crippen LogP contribution in [0.2, 0.25) is 0 Å². The SMILES string of the molecule is C.CC(=O)Cl.CC(=O)N(C)Cc1cc(C)c(Br)c(C)c1.CNCc1cc(C)c(Br)c(C)c1. The van der Waals surface area contributed by atoms with Crippen molar-refractivity contribution in [2.75, 3.05) is 14.1 Å². The zero-order valence-corrected chi connectivity index (χ0v) is 23.5. The fourth-order valence-corrected chi connectivity index (χ4v) is 3.31. The van der Waals surface area contributed by atoms with Crippen molar-refractivity contribution in [3.05, 3.63) is 66.6 Å². The monoisotopic (exact) mass is 590 g/mol. The summed E-state index contributed by atoms with van der Waals surface area (Å²) < 4.78 is 2.37. The first-order valence-electron chi connectivity index (χ1n) is 9.83. The maximum atomic E-state index is 11.1. The number of carbonyl (C=O) groups excluding carboxylic acids is 2. The van der Waals surface area contributed by atoms with Gasteiger partial charge < -0.3 is 10.2 Å². The molecule has 2 rings (SSSR count). The normalized spacial score (nSPS) is 9.47. The van der Waals surface area contributed by atoms with Crippen LogP contribution in [-0.2, 0) is 22.7 Å². The van der Waals surface area contributed by atoms with Gasteiger partial charge in [0.15, 0.2) is 0 Å². The molecule has 1 amide bonds. The van der Waals surface area contributed by atoms with Gasteiger partial charge in [0, 0.05) is 42.9 Å². The molecule has 0 aromatic heterocycles. The highest BCUT2D eigenvalue weighted by molar-refractivity contribution is 9.10. The van der Waals surface area contributed by atoms with E-state index in [1.165, 1.54) is 44.8 Å². The predicted octanol–water partition coefficient (Wildman–Crippen LogP) is 7.24. The Morgan fingerprint density at radius 3 is 1.47 bits per heavy atom. The Balaban J connectivity index is 0. The largest absolute Gasteiger partial charge is 0.342 e. The standard InChI is InChI=1S/C12H16BrNO.C10H14BrN.C2H3ClO.CH4/c1-8-5-11(6-9(2)12(8)13)7-14(4)10(3)15;1-7-4-9(6-12-3)5-8(2)10(7)11;1-2(3)4;/h5-6H,7H2,1-4H3;4-5,12H,6H2,1-3H3;1H3;1H4. The van der Waals surface area contributed by atoms with Gasteiger partial charge in [0.25, 0.3) is 0 Å². The van der Waals surface area contributed by atoms with E-state index < -0.39 is 0 Å². The van der Waals surface area contributed by atoms with Crippen molar-refractivity contribution in [3.8, 4) is 0 Å². The quantitative estimate of drug-likeness (QED) is 0.381. The van der Waals surface area contributed by atoms with Crippen LogP contribution in [0, 0.1) is 27.7 Å². The molecule has 0 radical (unpaired) electrons. The second kappa shape index (κ2) is 16.4. The molecule has 0 aliphatic carbocycles. The number of amides is 1. The third-order valence-electron chi connectivity index (χ3n) is 4.33. The molecule has 2 aromatic rings. The van der Waals surface area contributed by atoms with Gasteiger partial charge >= 0.3 is 0 Å². The molecular formula is C25H37Br2ClN2O2. The molecule has 0 fully saturated rings. The third-order valence-corrected chi connectivity index (χ3v) is 6.83. The minimum absolute atomic E-state index is 0. The first-order chi connectivity index (χ1) is 14.3. The summed E-state index contributed by atoms with van der Waals surface area (Å²) in [6, 6.07) is 8.62. The van der Waals surface area contributed by atoms with Gasteiger partial charge in [-0.3, -0.25) is 9.59 Å². The average molecular weight is 593 g/mol. The van der Waals surface area contributed by atoms with E-state index in [2.05, 4.69) is 101 Å². The maximum absolute atomic E-state index is 11.1. The lowest BCUT2D eigenvalue weighted by Crippen LogP contribution is -2.23. The topological polar surface area (TPSA) is 49.4 Å². The molecule has 0 bridgehead atoms. The molecule has 0 aliphatic heterocycles. The second-order valence-corrected chi connectivity index (χ2v) is 9.58. The summed E-state index contributed by atoms with van der Waals surface area (Å²) in [5.74, 6) is 0.0909. The molecule has 0 unspecified atom stereocenters. The molecule has 0 atom stereocenters. The van der Waals surface area contributed by atoms with E-state index in [9.17, 15) is 9.59 Å². The number of nitrogens with one attached hydrogen (secondary N) is 1. The molecular weight excluding hydrogens is 556 g/mol. The number of nitrogens with zero attached hydrogens (tertiary/aromatic N) is 1. The van der Waals surface area contributed by atoms with Crippen molar-refractivity contribution in [2.45, 2.75) is 62.1 Å². The highest BCUT2D eigenvalue weighted by Crippen LogP contribution is 2.23. The van der Waals surface area contributed by atoms with Crippen LogP contribution in [0.5, 0.6) is 0 Å². The van der Waals surface area contributed by atoms with E-state index in [0.717, 1.165) is 11.0 Å². The number of rotatable bonds is 4. The molecule has 0 spiro atoms. The minimum atomic E-state index is -0.361. The number of benzene rings is 2. The minimum Gasteiger partial charge on any atom is -0.342 e. The Labute approximate surface area is 216 Å². The third kappa shape index (κ3) is 12.7. The van der Waals surface area contributed by atoms with E-state index in [0.29, 0.717) is 6.54 Å². The zero-order valence-electron chi connectivity index (χ0n) is 19.6. The zero-order chi connectivity index (χ0) is 24.3. The number of hydrogen-bond donors (Lipinski definition) is 1. The van der Waals surface area contributed by atoms with Crippen molar-refractivity contribution in [1.29, 1.82) is 0 Å². The van der Waals surface area contributed by atoms with Crippen LogP contribution < -0.4 is 5.32 Å². The second-order valence-electron chi connectivity index (χ2n) is 7.46. The van der Waals surface area contributed by atoms with Crippen LogP contribution in [0.25, 0.3) is 0 Å². The van der Waals surface area contributed by atoms with Crippen molar-refractivity contribution >= 4 is 54.6 Å². The summed E-state index contributed by atoms with van der Waals surface area (Å²) in [4.78, 5) is 22.0. The highest BCUT2D eigenvalue weighted by atomic mass is 79.9. The average Bonchev–Trinajstić information content (AvgIpc) is 2.64. The van der Waals surface area contributed by atoms with Crippen LogP contribution in [0.1, 0.15) is 54.7 Å². The van der Waals surface area contributed by atoms with E-state index in [-0.39, 0.29) is 18.6 Å². The summed E-state index contributed by atoms with van der Waals surface area (Å²) in [6.07, 6.45) is 0. The van der Waals surface area contributed by atoms with Crippen LogP contribution in [0.15, 0.2) is 33.2 Å². The van der Waals surface area contributed by atoms with E-state index in [1.54, 1.807) is 11.8 Å². The van der Waals surface area contributed by atoms with Gasteiger partial charge in [-0.1, -0.05) is 63.6 Å². The van der Waals surface area contributed by atoms with E-state index >= 15 is 0 Å². The van der Waals surface area contributed by atoms with Crippen molar-refractivity contribution < 1.29 is 9.59 Å².